The molecular weight excluding hydrogens is 206 g/mol. The van der Waals surface area contributed by atoms with E-state index in [2.05, 4.69) is 10.1 Å². The molecule has 0 aliphatic rings. The maximum absolute atomic E-state index is 10.8. The van der Waals surface area contributed by atoms with Gasteiger partial charge < -0.3 is 5.11 Å². The summed E-state index contributed by atoms with van der Waals surface area (Å²) in [4.78, 5) is 14.8. The van der Waals surface area contributed by atoms with Gasteiger partial charge in [0.25, 0.3) is 0 Å². The van der Waals surface area contributed by atoms with Crippen molar-refractivity contribution in [3.63, 3.8) is 0 Å². The lowest BCUT2D eigenvalue weighted by Gasteiger charge is -1.93. The van der Waals surface area contributed by atoms with Gasteiger partial charge in [0.15, 0.2) is 11.3 Å². The minimum atomic E-state index is -1.08. The number of rotatable bonds is 1. The van der Waals surface area contributed by atoms with Crippen molar-refractivity contribution >= 4 is 23.2 Å². The van der Waals surface area contributed by atoms with Crippen molar-refractivity contribution in [3.05, 3.63) is 28.7 Å². The Morgan fingerprint density at radius 1 is 1.64 bits per heavy atom. The Bertz CT molecular complexity index is 521. The summed E-state index contributed by atoms with van der Waals surface area (Å²) in [7, 11) is 0. The SMILES string of the molecule is Cc1c(C(=O)O)nn2c(Cl)ccnc12. The van der Waals surface area contributed by atoms with Gasteiger partial charge in [0.1, 0.15) is 5.15 Å². The van der Waals surface area contributed by atoms with E-state index in [0.717, 1.165) is 0 Å². The molecule has 0 spiro atoms. The predicted molar refractivity (Wildman–Crippen MR) is 49.7 cm³/mol. The van der Waals surface area contributed by atoms with Gasteiger partial charge in [-0.15, -0.1) is 0 Å². The molecule has 0 radical (unpaired) electrons. The van der Waals surface area contributed by atoms with Crippen molar-refractivity contribution in [2.75, 3.05) is 0 Å². The number of carboxylic acid groups (broad SMARTS) is 1. The minimum Gasteiger partial charge on any atom is -0.476 e. The third kappa shape index (κ3) is 1.13. The normalized spacial score (nSPS) is 10.7. The summed E-state index contributed by atoms with van der Waals surface area (Å²) in [5.74, 6) is -1.08. The molecule has 5 nitrogen and oxygen atoms in total. The van der Waals surface area contributed by atoms with Crippen LogP contribution in [-0.4, -0.2) is 25.7 Å². The van der Waals surface area contributed by atoms with E-state index < -0.39 is 5.97 Å². The Morgan fingerprint density at radius 3 is 2.93 bits per heavy atom. The average molecular weight is 212 g/mol. The number of nitrogens with zero attached hydrogens (tertiary/aromatic N) is 3. The molecule has 72 valence electrons. The van der Waals surface area contributed by atoms with Crippen LogP contribution in [0.4, 0.5) is 0 Å². The highest BCUT2D eigenvalue weighted by Crippen LogP contribution is 2.16. The zero-order valence-electron chi connectivity index (χ0n) is 7.23. The van der Waals surface area contributed by atoms with Crippen LogP contribution in [0.15, 0.2) is 12.3 Å². The first-order chi connectivity index (χ1) is 6.61. The molecule has 2 aromatic heterocycles. The van der Waals surface area contributed by atoms with Gasteiger partial charge in [-0.1, -0.05) is 11.6 Å². The van der Waals surface area contributed by atoms with Crippen molar-refractivity contribution < 1.29 is 9.90 Å². The van der Waals surface area contributed by atoms with Gasteiger partial charge in [-0.2, -0.15) is 5.10 Å². The first-order valence-electron chi connectivity index (χ1n) is 3.84. The average Bonchev–Trinajstić information content (AvgIpc) is 2.46. The monoisotopic (exact) mass is 211 g/mol. The molecule has 2 aromatic rings. The van der Waals surface area contributed by atoms with E-state index in [9.17, 15) is 4.79 Å². The third-order valence-corrected chi connectivity index (χ3v) is 2.19. The van der Waals surface area contributed by atoms with Gasteiger partial charge in [0.05, 0.1) is 0 Å². The molecule has 0 saturated heterocycles. The number of halogens is 1. The van der Waals surface area contributed by atoms with E-state index in [1.165, 1.54) is 10.7 Å². The minimum absolute atomic E-state index is 0.0226. The number of fused-ring (bicyclic) bond motifs is 1. The second-order valence-electron chi connectivity index (χ2n) is 2.78. The van der Waals surface area contributed by atoms with E-state index in [4.69, 9.17) is 16.7 Å². The van der Waals surface area contributed by atoms with Crippen molar-refractivity contribution in [1.29, 1.82) is 0 Å². The molecule has 0 amide bonds. The summed E-state index contributed by atoms with van der Waals surface area (Å²) >= 11 is 5.81. The topological polar surface area (TPSA) is 67.5 Å². The first-order valence-corrected chi connectivity index (χ1v) is 4.22. The maximum atomic E-state index is 10.8. The number of carbonyl (C=O) groups is 1. The highest BCUT2D eigenvalue weighted by atomic mass is 35.5. The number of carboxylic acids is 1. The maximum Gasteiger partial charge on any atom is 0.356 e. The Labute approximate surface area is 83.9 Å². The van der Waals surface area contributed by atoms with Gasteiger partial charge in [-0.3, -0.25) is 0 Å². The Kier molecular flexibility index (Phi) is 1.89. The van der Waals surface area contributed by atoms with Gasteiger partial charge >= 0.3 is 5.97 Å². The number of hydrogen-bond donors (Lipinski definition) is 1. The molecule has 0 fully saturated rings. The highest BCUT2D eigenvalue weighted by Gasteiger charge is 2.16. The van der Waals surface area contributed by atoms with Crippen LogP contribution in [0.25, 0.3) is 5.65 Å². The Hall–Kier alpha value is -1.62. The zero-order chi connectivity index (χ0) is 10.3. The fourth-order valence-electron chi connectivity index (χ4n) is 1.23. The molecule has 0 aliphatic carbocycles. The lowest BCUT2D eigenvalue weighted by atomic mass is 10.3. The van der Waals surface area contributed by atoms with Crippen molar-refractivity contribution in [1.82, 2.24) is 14.6 Å². The molecule has 0 aromatic carbocycles. The molecule has 2 rings (SSSR count). The molecule has 0 unspecified atom stereocenters. The quantitative estimate of drug-likeness (QED) is 0.724. The van der Waals surface area contributed by atoms with Crippen LogP contribution < -0.4 is 0 Å². The molecule has 6 heteroatoms. The first kappa shape index (κ1) is 8.96. The van der Waals surface area contributed by atoms with Gasteiger partial charge in [0, 0.05) is 11.8 Å². The molecule has 14 heavy (non-hydrogen) atoms. The van der Waals surface area contributed by atoms with Crippen LogP contribution in [-0.2, 0) is 0 Å². The summed E-state index contributed by atoms with van der Waals surface area (Å²) < 4.78 is 1.31. The zero-order valence-corrected chi connectivity index (χ0v) is 7.99. The van der Waals surface area contributed by atoms with Crippen molar-refractivity contribution in [2.45, 2.75) is 6.92 Å². The summed E-state index contributed by atoms with van der Waals surface area (Å²) in [5.41, 5.74) is 0.959. The molecule has 0 saturated carbocycles. The van der Waals surface area contributed by atoms with E-state index in [1.807, 2.05) is 0 Å². The Morgan fingerprint density at radius 2 is 2.36 bits per heavy atom. The second-order valence-corrected chi connectivity index (χ2v) is 3.17. The van der Waals surface area contributed by atoms with Gasteiger partial charge in [-0.05, 0) is 13.0 Å². The fraction of sp³-hybridized carbons (Fsp3) is 0.125. The van der Waals surface area contributed by atoms with Crippen LogP contribution in [0.1, 0.15) is 16.1 Å². The molecule has 0 bridgehead atoms. The second kappa shape index (κ2) is 2.95. The molecule has 0 aliphatic heterocycles. The Balaban J connectivity index is 2.86. The summed E-state index contributed by atoms with van der Waals surface area (Å²) in [6.45, 7) is 1.65. The third-order valence-electron chi connectivity index (χ3n) is 1.91. The van der Waals surface area contributed by atoms with Crippen molar-refractivity contribution in [2.24, 2.45) is 0 Å². The van der Waals surface area contributed by atoms with E-state index >= 15 is 0 Å². The van der Waals surface area contributed by atoms with Gasteiger partial charge in [-0.25, -0.2) is 14.3 Å². The standard InChI is InChI=1S/C8H6ClN3O2/c1-4-6(8(13)14)11-12-5(9)2-3-10-7(4)12/h2-3H,1H3,(H,13,14). The lowest BCUT2D eigenvalue weighted by molar-refractivity contribution is 0.0689. The highest BCUT2D eigenvalue weighted by molar-refractivity contribution is 6.29. The predicted octanol–water partition coefficient (Wildman–Crippen LogP) is 1.39. The van der Waals surface area contributed by atoms with Crippen LogP contribution >= 0.6 is 11.6 Å². The van der Waals surface area contributed by atoms with Crippen LogP contribution in [0, 0.1) is 6.92 Å². The number of hydrogen-bond acceptors (Lipinski definition) is 3. The molecule has 2 heterocycles. The van der Waals surface area contributed by atoms with Crippen molar-refractivity contribution in [3.8, 4) is 0 Å². The fourth-order valence-corrected chi connectivity index (χ4v) is 1.40. The number of aromatic carboxylic acids is 1. The molecule has 0 atom stereocenters. The smallest absolute Gasteiger partial charge is 0.356 e. The lowest BCUT2D eigenvalue weighted by Crippen LogP contribution is -1.99. The largest absolute Gasteiger partial charge is 0.476 e. The van der Waals surface area contributed by atoms with Crippen LogP contribution in [0.2, 0.25) is 5.15 Å². The summed E-state index contributed by atoms with van der Waals surface area (Å²) in [6, 6.07) is 1.55. The van der Waals surface area contributed by atoms with E-state index in [0.29, 0.717) is 16.4 Å². The molecule has 1 N–H and O–H groups in total. The summed E-state index contributed by atoms with van der Waals surface area (Å²) in [6.07, 6.45) is 1.51. The van der Waals surface area contributed by atoms with E-state index in [1.54, 1.807) is 13.0 Å². The number of aryl methyl sites for hydroxylation is 1. The van der Waals surface area contributed by atoms with Crippen LogP contribution in [0.3, 0.4) is 0 Å². The summed E-state index contributed by atoms with van der Waals surface area (Å²) in [5, 5.41) is 13.0. The molecular formula is C8H6ClN3O2. The van der Waals surface area contributed by atoms with Gasteiger partial charge in [0.2, 0.25) is 0 Å². The van der Waals surface area contributed by atoms with Crippen LogP contribution in [0.5, 0.6) is 0 Å². The van der Waals surface area contributed by atoms with E-state index in [-0.39, 0.29) is 5.69 Å². The number of aromatic nitrogens is 3.